The average Bonchev–Trinajstić information content (AvgIpc) is 2.61. The normalized spacial score (nSPS) is 10.5. The van der Waals surface area contributed by atoms with Crippen molar-refractivity contribution < 1.29 is 14.3 Å². The third-order valence-electron chi connectivity index (χ3n) is 3.77. The number of hydrogen-bond acceptors (Lipinski definition) is 5. The molecule has 26 heavy (non-hydrogen) atoms. The number of aryl methyl sites for hydroxylation is 1. The number of carbonyl (C=O) groups excluding carboxylic acids is 2. The second-order valence-electron chi connectivity index (χ2n) is 5.82. The predicted molar refractivity (Wildman–Crippen MR) is 97.0 cm³/mol. The quantitative estimate of drug-likeness (QED) is 0.704. The van der Waals surface area contributed by atoms with Gasteiger partial charge in [-0.05, 0) is 42.8 Å². The molecule has 0 radical (unpaired) electrons. The number of aromatic nitrogens is 2. The number of ether oxygens (including phenoxy) is 1. The van der Waals surface area contributed by atoms with E-state index in [1.54, 1.807) is 36.4 Å². The van der Waals surface area contributed by atoms with Crippen LogP contribution in [-0.4, -0.2) is 21.8 Å². The first-order valence-corrected chi connectivity index (χ1v) is 7.97. The fourth-order valence-electron chi connectivity index (χ4n) is 2.53. The Labute approximate surface area is 149 Å². The molecule has 3 aromatic rings. The van der Waals surface area contributed by atoms with E-state index in [0.717, 1.165) is 5.56 Å². The fraction of sp³-hybridized carbons (Fsp3) is 0.158. The predicted octanol–water partition coefficient (Wildman–Crippen LogP) is 2.55. The molecular formula is C19H17N3O4. The molecule has 0 saturated heterocycles. The summed E-state index contributed by atoms with van der Waals surface area (Å²) in [6.45, 7) is 3.12. The number of anilines is 1. The van der Waals surface area contributed by atoms with Crippen molar-refractivity contribution in [2.24, 2.45) is 0 Å². The van der Waals surface area contributed by atoms with Crippen LogP contribution in [-0.2, 0) is 16.1 Å². The minimum atomic E-state index is -0.549. The summed E-state index contributed by atoms with van der Waals surface area (Å²) in [5.41, 5.74) is 2.10. The van der Waals surface area contributed by atoms with Crippen LogP contribution in [0.2, 0.25) is 0 Å². The zero-order chi connectivity index (χ0) is 18.7. The molecule has 7 nitrogen and oxygen atoms in total. The Kier molecular flexibility index (Phi) is 4.79. The molecule has 2 aromatic carbocycles. The number of fused-ring (bicyclic) bond motifs is 1. The van der Waals surface area contributed by atoms with Crippen LogP contribution in [0.25, 0.3) is 10.9 Å². The number of nitrogens with zero attached hydrogens (tertiary/aromatic N) is 1. The van der Waals surface area contributed by atoms with Crippen molar-refractivity contribution in [2.45, 2.75) is 20.5 Å². The van der Waals surface area contributed by atoms with E-state index in [1.165, 1.54) is 6.92 Å². The van der Waals surface area contributed by atoms with Crippen molar-refractivity contribution in [2.75, 3.05) is 5.32 Å². The van der Waals surface area contributed by atoms with E-state index in [2.05, 4.69) is 15.3 Å². The molecule has 0 bridgehead atoms. The monoisotopic (exact) mass is 351 g/mol. The molecule has 0 atom stereocenters. The fourth-order valence-corrected chi connectivity index (χ4v) is 2.53. The Morgan fingerprint density at radius 1 is 1.15 bits per heavy atom. The number of aromatic amines is 1. The molecule has 7 heteroatoms. The highest BCUT2D eigenvalue weighted by Crippen LogP contribution is 2.13. The van der Waals surface area contributed by atoms with Gasteiger partial charge in [-0.3, -0.25) is 9.59 Å². The zero-order valence-corrected chi connectivity index (χ0v) is 14.3. The minimum Gasteiger partial charge on any atom is -0.454 e. The lowest BCUT2D eigenvalue weighted by Gasteiger charge is -2.07. The van der Waals surface area contributed by atoms with E-state index in [-0.39, 0.29) is 23.9 Å². The molecule has 2 N–H and O–H groups in total. The zero-order valence-electron chi connectivity index (χ0n) is 14.3. The van der Waals surface area contributed by atoms with Crippen molar-refractivity contribution >= 4 is 28.5 Å². The molecule has 1 aromatic heterocycles. The molecule has 1 amide bonds. The first-order chi connectivity index (χ1) is 12.4. The van der Waals surface area contributed by atoms with Gasteiger partial charge in [-0.15, -0.1) is 0 Å². The van der Waals surface area contributed by atoms with E-state index in [9.17, 15) is 14.4 Å². The second-order valence-corrected chi connectivity index (χ2v) is 5.82. The van der Waals surface area contributed by atoms with Crippen LogP contribution >= 0.6 is 0 Å². The van der Waals surface area contributed by atoms with Crippen LogP contribution in [0.3, 0.4) is 0 Å². The van der Waals surface area contributed by atoms with Crippen LogP contribution in [0, 0.1) is 6.92 Å². The lowest BCUT2D eigenvalue weighted by atomic mass is 10.1. The van der Waals surface area contributed by atoms with Crippen molar-refractivity contribution in [3.63, 3.8) is 0 Å². The molecule has 0 aliphatic carbocycles. The van der Waals surface area contributed by atoms with Gasteiger partial charge in [-0.2, -0.15) is 0 Å². The maximum absolute atomic E-state index is 12.1. The van der Waals surface area contributed by atoms with E-state index in [0.29, 0.717) is 22.2 Å². The summed E-state index contributed by atoms with van der Waals surface area (Å²) < 4.78 is 5.22. The smallest absolute Gasteiger partial charge is 0.338 e. The number of H-pyrrole nitrogens is 1. The summed E-state index contributed by atoms with van der Waals surface area (Å²) in [7, 11) is 0. The molecule has 0 fully saturated rings. The van der Waals surface area contributed by atoms with E-state index < -0.39 is 5.97 Å². The summed E-state index contributed by atoms with van der Waals surface area (Å²) in [4.78, 5) is 42.2. The largest absolute Gasteiger partial charge is 0.454 e. The van der Waals surface area contributed by atoms with E-state index in [4.69, 9.17) is 4.74 Å². The summed E-state index contributed by atoms with van der Waals surface area (Å²) >= 11 is 0. The molecule has 0 aliphatic heterocycles. The molecular weight excluding hydrogens is 334 g/mol. The Bertz CT molecular complexity index is 1040. The molecule has 0 aliphatic rings. The molecule has 0 spiro atoms. The summed E-state index contributed by atoms with van der Waals surface area (Å²) in [5, 5.41) is 3.11. The SMILES string of the molecule is CC(=O)Nc1ccc(C(=O)OCc2nc3c(C)cccc3c(=O)[nH]2)cc1. The highest BCUT2D eigenvalue weighted by molar-refractivity contribution is 5.92. The van der Waals surface area contributed by atoms with Gasteiger partial charge < -0.3 is 15.0 Å². The lowest BCUT2D eigenvalue weighted by Crippen LogP contribution is -2.15. The number of para-hydroxylation sites is 1. The van der Waals surface area contributed by atoms with Crippen LogP contribution in [0.1, 0.15) is 28.7 Å². The van der Waals surface area contributed by atoms with Gasteiger partial charge in [0, 0.05) is 12.6 Å². The molecule has 0 saturated carbocycles. The van der Waals surface area contributed by atoms with Gasteiger partial charge in [-0.25, -0.2) is 9.78 Å². The number of benzene rings is 2. The summed E-state index contributed by atoms with van der Waals surface area (Å²) in [5.74, 6) is -0.464. The van der Waals surface area contributed by atoms with Crippen LogP contribution in [0.4, 0.5) is 5.69 Å². The van der Waals surface area contributed by atoms with Crippen LogP contribution in [0.5, 0.6) is 0 Å². The molecule has 132 valence electrons. The molecule has 1 heterocycles. The van der Waals surface area contributed by atoms with Crippen LogP contribution in [0.15, 0.2) is 47.3 Å². The summed E-state index contributed by atoms with van der Waals surface area (Å²) in [6.07, 6.45) is 0. The topological polar surface area (TPSA) is 101 Å². The maximum atomic E-state index is 12.1. The van der Waals surface area contributed by atoms with E-state index >= 15 is 0 Å². The molecule has 0 unspecified atom stereocenters. The third kappa shape index (κ3) is 3.77. The number of amides is 1. The Morgan fingerprint density at radius 3 is 2.58 bits per heavy atom. The number of carbonyl (C=O) groups is 2. The van der Waals surface area contributed by atoms with Gasteiger partial charge in [0.2, 0.25) is 5.91 Å². The second kappa shape index (κ2) is 7.18. The van der Waals surface area contributed by atoms with Crippen molar-refractivity contribution in [3.8, 4) is 0 Å². The lowest BCUT2D eigenvalue weighted by molar-refractivity contribution is -0.114. The average molecular weight is 351 g/mol. The highest BCUT2D eigenvalue weighted by atomic mass is 16.5. The number of nitrogens with one attached hydrogen (secondary N) is 2. The van der Waals surface area contributed by atoms with Gasteiger partial charge in [0.15, 0.2) is 0 Å². The minimum absolute atomic E-state index is 0.147. The van der Waals surface area contributed by atoms with Gasteiger partial charge in [0.05, 0.1) is 16.5 Å². The first kappa shape index (κ1) is 17.3. The van der Waals surface area contributed by atoms with Gasteiger partial charge in [-0.1, -0.05) is 12.1 Å². The molecule has 3 rings (SSSR count). The number of hydrogen-bond donors (Lipinski definition) is 2. The highest BCUT2D eigenvalue weighted by Gasteiger charge is 2.10. The van der Waals surface area contributed by atoms with Crippen molar-refractivity contribution in [1.82, 2.24) is 9.97 Å². The van der Waals surface area contributed by atoms with Crippen LogP contribution < -0.4 is 10.9 Å². The van der Waals surface area contributed by atoms with Gasteiger partial charge in [0.25, 0.3) is 5.56 Å². The third-order valence-corrected chi connectivity index (χ3v) is 3.77. The first-order valence-electron chi connectivity index (χ1n) is 7.97. The van der Waals surface area contributed by atoms with Gasteiger partial charge >= 0.3 is 5.97 Å². The number of rotatable bonds is 4. The maximum Gasteiger partial charge on any atom is 0.338 e. The summed E-state index contributed by atoms with van der Waals surface area (Å²) in [6, 6.07) is 11.7. The van der Waals surface area contributed by atoms with E-state index in [1.807, 2.05) is 13.0 Å². The number of esters is 1. The van der Waals surface area contributed by atoms with Crippen molar-refractivity contribution in [1.29, 1.82) is 0 Å². The standard InChI is InChI=1S/C19H17N3O4/c1-11-4-3-5-15-17(11)21-16(22-18(15)24)10-26-19(25)13-6-8-14(9-7-13)20-12(2)23/h3-9H,10H2,1-2H3,(H,20,23)(H,21,22,24). The van der Waals surface area contributed by atoms with Crippen molar-refractivity contribution in [3.05, 3.63) is 69.8 Å². The van der Waals surface area contributed by atoms with Gasteiger partial charge in [0.1, 0.15) is 12.4 Å². The Hall–Kier alpha value is -3.48. The Balaban J connectivity index is 1.73. The Morgan fingerprint density at radius 2 is 1.88 bits per heavy atom.